The first-order valence-electron chi connectivity index (χ1n) is 6.58. The van der Waals surface area contributed by atoms with Crippen LogP contribution < -0.4 is 0 Å². The van der Waals surface area contributed by atoms with Crippen LogP contribution in [0, 0.1) is 0 Å². The van der Waals surface area contributed by atoms with Crippen LogP contribution in [0.1, 0.15) is 25.6 Å². The van der Waals surface area contributed by atoms with Gasteiger partial charge in [-0.15, -0.1) is 0 Å². The number of halogens is 2. The summed E-state index contributed by atoms with van der Waals surface area (Å²) in [4.78, 5) is 14.0. The van der Waals surface area contributed by atoms with Gasteiger partial charge < -0.3 is 4.90 Å². The van der Waals surface area contributed by atoms with Gasteiger partial charge in [-0.3, -0.25) is 14.2 Å². The highest BCUT2D eigenvalue weighted by atomic mass is 35.5. The molecule has 1 amide bonds. The van der Waals surface area contributed by atoms with E-state index >= 15 is 0 Å². The van der Waals surface area contributed by atoms with Crippen molar-refractivity contribution in [1.29, 1.82) is 0 Å². The van der Waals surface area contributed by atoms with Gasteiger partial charge in [-0.25, -0.2) is 0 Å². The summed E-state index contributed by atoms with van der Waals surface area (Å²) in [6.45, 7) is 4.84. The van der Waals surface area contributed by atoms with Crippen molar-refractivity contribution in [3.63, 3.8) is 0 Å². The lowest BCUT2D eigenvalue weighted by Gasteiger charge is -2.20. The second-order valence-electron chi connectivity index (χ2n) is 4.79. The monoisotopic (exact) mass is 329 g/mol. The second-order valence-corrected chi connectivity index (χ2v) is 5.63. The molecule has 114 valence electrons. The van der Waals surface area contributed by atoms with E-state index in [-0.39, 0.29) is 5.91 Å². The fraction of sp³-hybridized carbons (Fsp3) is 0.462. The molecule has 8 heteroatoms. The predicted octanol–water partition coefficient (Wildman–Crippen LogP) is 2.63. The van der Waals surface area contributed by atoms with E-state index < -0.39 is 6.04 Å². The molecule has 6 nitrogen and oxygen atoms in total. The predicted molar refractivity (Wildman–Crippen MR) is 81.3 cm³/mol. The van der Waals surface area contributed by atoms with Gasteiger partial charge in [0.15, 0.2) is 0 Å². The Kier molecular flexibility index (Phi) is 4.90. The van der Waals surface area contributed by atoms with E-state index in [0.29, 0.717) is 22.3 Å². The smallest absolute Gasteiger partial charge is 0.247 e. The molecular weight excluding hydrogens is 313 g/mol. The van der Waals surface area contributed by atoms with Crippen LogP contribution >= 0.6 is 23.2 Å². The summed E-state index contributed by atoms with van der Waals surface area (Å²) < 4.78 is 3.28. The number of amides is 1. The summed E-state index contributed by atoms with van der Waals surface area (Å²) in [5.74, 6) is -0.0862. The van der Waals surface area contributed by atoms with Gasteiger partial charge in [0.25, 0.3) is 0 Å². The lowest BCUT2D eigenvalue weighted by Crippen LogP contribution is -2.33. The molecule has 2 rings (SSSR count). The Morgan fingerprint density at radius 2 is 2.14 bits per heavy atom. The Hall–Kier alpha value is -1.53. The van der Waals surface area contributed by atoms with Crippen molar-refractivity contribution >= 4 is 29.1 Å². The molecule has 0 aliphatic heterocycles. The Balaban J connectivity index is 2.06. The average molecular weight is 330 g/mol. The quantitative estimate of drug-likeness (QED) is 0.847. The topological polar surface area (TPSA) is 56.0 Å². The van der Waals surface area contributed by atoms with Gasteiger partial charge in [0.2, 0.25) is 5.91 Å². The minimum atomic E-state index is -0.436. The minimum Gasteiger partial charge on any atom is -0.338 e. The summed E-state index contributed by atoms with van der Waals surface area (Å²) in [5, 5.41) is 9.45. The third kappa shape index (κ3) is 3.57. The number of carbonyl (C=O) groups is 1. The van der Waals surface area contributed by atoms with Gasteiger partial charge in [-0.1, -0.05) is 23.2 Å². The number of rotatable bonds is 5. The van der Waals surface area contributed by atoms with Crippen molar-refractivity contribution in [2.24, 2.45) is 0 Å². The zero-order valence-electron chi connectivity index (χ0n) is 12.1. The number of aryl methyl sites for hydroxylation is 1. The first-order chi connectivity index (χ1) is 9.92. The summed E-state index contributed by atoms with van der Waals surface area (Å²) in [5.41, 5.74) is 0.681. The van der Waals surface area contributed by atoms with Crippen LogP contribution in [0.4, 0.5) is 0 Å². The molecule has 0 spiro atoms. The van der Waals surface area contributed by atoms with Crippen molar-refractivity contribution in [2.45, 2.75) is 33.0 Å². The molecule has 1 atom stereocenters. The summed E-state index contributed by atoms with van der Waals surface area (Å²) >= 11 is 11.9. The first-order valence-corrected chi connectivity index (χ1v) is 7.34. The molecule has 0 aliphatic rings. The average Bonchev–Trinajstić information content (AvgIpc) is 3.04. The van der Waals surface area contributed by atoms with Gasteiger partial charge in [0.1, 0.15) is 11.7 Å². The van der Waals surface area contributed by atoms with Gasteiger partial charge >= 0.3 is 0 Å². The Labute approximate surface area is 133 Å². The molecular formula is C13H17Cl2N5O. The van der Waals surface area contributed by atoms with Crippen LogP contribution in [0.25, 0.3) is 0 Å². The van der Waals surface area contributed by atoms with Crippen LogP contribution in [0.2, 0.25) is 10.0 Å². The summed E-state index contributed by atoms with van der Waals surface area (Å²) in [6.07, 6.45) is 4.88. The van der Waals surface area contributed by atoms with E-state index in [0.717, 1.165) is 6.54 Å². The molecule has 0 bridgehead atoms. The number of hydrogen-bond acceptors (Lipinski definition) is 3. The molecule has 0 aromatic carbocycles. The second kappa shape index (κ2) is 6.49. The fourth-order valence-corrected chi connectivity index (χ4v) is 2.32. The Morgan fingerprint density at radius 1 is 1.43 bits per heavy atom. The van der Waals surface area contributed by atoms with E-state index in [4.69, 9.17) is 23.2 Å². The highest BCUT2D eigenvalue weighted by Crippen LogP contribution is 2.18. The third-order valence-corrected chi connectivity index (χ3v) is 3.71. The van der Waals surface area contributed by atoms with E-state index in [1.807, 2.05) is 6.92 Å². The molecule has 2 heterocycles. The SMILES string of the molecule is CCn1cc(Cl)c(CN(C)C(=O)C(C)n2cc(Cl)cn2)n1. The van der Waals surface area contributed by atoms with Gasteiger partial charge in [0.05, 0.1) is 22.8 Å². The molecule has 21 heavy (non-hydrogen) atoms. The summed E-state index contributed by atoms with van der Waals surface area (Å²) in [7, 11) is 1.71. The third-order valence-electron chi connectivity index (χ3n) is 3.20. The number of likely N-dealkylation sites (N-methyl/N-ethyl adjacent to an activating group) is 1. The summed E-state index contributed by atoms with van der Waals surface area (Å²) in [6, 6.07) is -0.436. The molecule has 0 N–H and O–H groups in total. The molecule has 0 saturated heterocycles. The molecule has 1 unspecified atom stereocenters. The van der Waals surface area contributed by atoms with Crippen molar-refractivity contribution in [2.75, 3.05) is 7.05 Å². The fourth-order valence-electron chi connectivity index (χ4n) is 1.97. The number of carbonyl (C=O) groups excluding carboxylic acids is 1. The normalized spacial score (nSPS) is 12.4. The van der Waals surface area contributed by atoms with E-state index in [2.05, 4.69) is 10.2 Å². The molecule has 2 aromatic rings. The van der Waals surface area contributed by atoms with E-state index in [9.17, 15) is 4.79 Å². The van der Waals surface area contributed by atoms with Gasteiger partial charge in [-0.2, -0.15) is 10.2 Å². The zero-order valence-corrected chi connectivity index (χ0v) is 13.6. The maximum atomic E-state index is 12.4. The maximum Gasteiger partial charge on any atom is 0.247 e. The van der Waals surface area contributed by atoms with Crippen LogP contribution in [-0.4, -0.2) is 37.4 Å². The van der Waals surface area contributed by atoms with Gasteiger partial charge in [0, 0.05) is 26.0 Å². The van der Waals surface area contributed by atoms with Crippen LogP contribution in [-0.2, 0) is 17.9 Å². The Morgan fingerprint density at radius 3 is 2.67 bits per heavy atom. The number of nitrogens with zero attached hydrogens (tertiary/aromatic N) is 5. The molecule has 0 aliphatic carbocycles. The first kappa shape index (κ1) is 15.9. The van der Waals surface area contributed by atoms with Crippen LogP contribution in [0.15, 0.2) is 18.6 Å². The molecule has 2 aromatic heterocycles. The molecule has 0 radical (unpaired) electrons. The largest absolute Gasteiger partial charge is 0.338 e. The Bertz CT molecular complexity index is 636. The van der Waals surface area contributed by atoms with Gasteiger partial charge in [-0.05, 0) is 13.8 Å². The highest BCUT2D eigenvalue weighted by Gasteiger charge is 2.21. The molecule has 0 fully saturated rings. The minimum absolute atomic E-state index is 0.0862. The van der Waals surface area contributed by atoms with E-state index in [1.165, 1.54) is 10.9 Å². The lowest BCUT2D eigenvalue weighted by atomic mass is 10.3. The van der Waals surface area contributed by atoms with Crippen molar-refractivity contribution in [3.8, 4) is 0 Å². The number of aromatic nitrogens is 4. The van der Waals surface area contributed by atoms with Crippen molar-refractivity contribution in [3.05, 3.63) is 34.3 Å². The maximum absolute atomic E-state index is 12.4. The standard InChI is InChI=1S/C13H17Cl2N5O/c1-4-19-7-11(15)12(17-19)8-18(3)13(21)9(2)20-6-10(14)5-16-20/h5-7,9H,4,8H2,1-3H3. The van der Waals surface area contributed by atoms with Crippen LogP contribution in [0.5, 0.6) is 0 Å². The van der Waals surface area contributed by atoms with Crippen LogP contribution in [0.3, 0.4) is 0 Å². The zero-order chi connectivity index (χ0) is 15.6. The van der Waals surface area contributed by atoms with E-state index in [1.54, 1.807) is 35.9 Å². The number of hydrogen-bond donors (Lipinski definition) is 0. The lowest BCUT2D eigenvalue weighted by molar-refractivity contribution is -0.133. The van der Waals surface area contributed by atoms with Crippen molar-refractivity contribution < 1.29 is 4.79 Å². The van der Waals surface area contributed by atoms with Crippen molar-refractivity contribution in [1.82, 2.24) is 24.5 Å². The molecule has 0 saturated carbocycles. The highest BCUT2D eigenvalue weighted by molar-refractivity contribution is 6.31.